The molecule has 13 aromatic rings. The number of aryl methyl sites for hydroxylation is 4. The van der Waals surface area contributed by atoms with Crippen molar-refractivity contribution in [1.82, 2.24) is 9.13 Å². The van der Waals surface area contributed by atoms with Crippen molar-refractivity contribution in [3.8, 4) is 78.1 Å². The van der Waals surface area contributed by atoms with Crippen LogP contribution in [0.5, 0.6) is 0 Å². The van der Waals surface area contributed by atoms with Crippen LogP contribution in [0.25, 0.3) is 131 Å². The smallest absolute Gasteiger partial charge is 0.310 e. The average molecular weight is 1040 g/mol. The van der Waals surface area contributed by atoms with Crippen LogP contribution in [0.4, 0.5) is 24.5 Å². The fraction of sp³-hybridized carbons (Fsp3) is 0.0685. The molecular weight excluding hydrogens is 990 g/mol. The molecule has 11 aromatic carbocycles. The maximum absolute atomic E-state index is 14.3. The monoisotopic (exact) mass is 1040 g/mol. The number of halogens is 3. The molecule has 0 spiro atoms. The van der Waals surface area contributed by atoms with E-state index in [4.69, 9.17) is 13.1 Å². The third-order valence-electron chi connectivity index (χ3n) is 16.0. The van der Waals surface area contributed by atoms with E-state index in [1.165, 1.54) is 6.07 Å². The minimum Gasteiger partial charge on any atom is -0.310 e. The summed E-state index contributed by atoms with van der Waals surface area (Å²) in [5.74, 6) is 0. The van der Waals surface area contributed by atoms with E-state index in [0.717, 1.165) is 145 Å². The zero-order valence-electron chi connectivity index (χ0n) is 44.3. The Morgan fingerprint density at radius 3 is 1.09 bits per heavy atom. The van der Waals surface area contributed by atoms with Crippen molar-refractivity contribution in [3.63, 3.8) is 0 Å². The summed E-state index contributed by atoms with van der Waals surface area (Å²) in [5, 5.41) is 4.16. The van der Waals surface area contributed by atoms with Crippen LogP contribution in [0, 0.1) is 40.8 Å². The molecule has 2 heterocycles. The largest absolute Gasteiger partial charge is 0.415 e. The van der Waals surface area contributed by atoms with Crippen LogP contribution < -0.4 is 0 Å². The highest BCUT2D eigenvalue weighted by Gasteiger charge is 2.31. The molecule has 0 N–H and O–H groups in total. The second-order valence-corrected chi connectivity index (χ2v) is 20.7. The van der Waals surface area contributed by atoms with E-state index in [1.807, 2.05) is 36.4 Å². The van der Waals surface area contributed by atoms with E-state index >= 15 is 0 Å². The third kappa shape index (κ3) is 8.31. The Morgan fingerprint density at radius 1 is 0.325 bits per heavy atom. The molecule has 7 heteroatoms. The number of hydrogen-bond donors (Lipinski definition) is 0. The van der Waals surface area contributed by atoms with Crippen LogP contribution in [0.1, 0.15) is 27.8 Å². The summed E-state index contributed by atoms with van der Waals surface area (Å²) in [6.45, 7) is 25.1. The molecule has 0 fully saturated rings. The Labute approximate surface area is 462 Å². The molecule has 0 atom stereocenters. The van der Waals surface area contributed by atoms with Gasteiger partial charge in [0.25, 0.3) is 0 Å². The van der Waals surface area contributed by atoms with Crippen molar-refractivity contribution >= 4 is 55.0 Å². The minimum atomic E-state index is -4.63. The van der Waals surface area contributed by atoms with Crippen molar-refractivity contribution in [2.24, 2.45) is 0 Å². The topological polar surface area (TPSA) is 18.6 Å². The first-order valence-electron chi connectivity index (χ1n) is 26.5. The van der Waals surface area contributed by atoms with Crippen LogP contribution in [-0.2, 0) is 6.18 Å². The highest BCUT2D eigenvalue weighted by atomic mass is 19.4. The Hall–Kier alpha value is -10.2. The molecular formula is C73H49F3N4. The number of alkyl halides is 3. The van der Waals surface area contributed by atoms with Crippen LogP contribution in [0.15, 0.2) is 224 Å². The summed E-state index contributed by atoms with van der Waals surface area (Å²) in [5.41, 5.74) is 20.7. The summed E-state index contributed by atoms with van der Waals surface area (Å²) in [6.07, 6.45) is -4.63. The van der Waals surface area contributed by atoms with Gasteiger partial charge in [-0.05, 0) is 178 Å². The lowest BCUT2D eigenvalue weighted by Gasteiger charge is -2.21. The molecule has 0 aliphatic rings. The van der Waals surface area contributed by atoms with E-state index in [-0.39, 0.29) is 5.69 Å². The van der Waals surface area contributed by atoms with Gasteiger partial charge in [0.1, 0.15) is 0 Å². The standard InChI is InChI=1S/C73H49F3N4/c1-44-15-7-11-19-55(44)48-23-32-68-62(37-48)63-38-49(56-20-12-8-16-45(56)2)24-33-69(63)79(68)67-36-27-52(59-30-28-53(73(74,75)76)42-66(59)78-6)41-61(67)60-31-29-54(77-5)43-72(60)80-70-34-25-50(57-21-13-9-17-46(57)3)39-64(70)65-40-51(26-35-71(65)80)58-22-14-10-18-47(58)4/h7-43H,1-4H3. The minimum absolute atomic E-state index is 0.109. The van der Waals surface area contributed by atoms with Gasteiger partial charge in [0.15, 0.2) is 11.4 Å². The Kier molecular flexibility index (Phi) is 11.9. The van der Waals surface area contributed by atoms with Gasteiger partial charge in [0.2, 0.25) is 0 Å². The Bertz CT molecular complexity index is 4580. The van der Waals surface area contributed by atoms with Crippen LogP contribution in [-0.4, -0.2) is 9.13 Å². The summed E-state index contributed by atoms with van der Waals surface area (Å²) in [6, 6.07) is 75.2. The van der Waals surface area contributed by atoms with E-state index in [1.54, 1.807) is 0 Å². The number of rotatable bonds is 8. The fourth-order valence-electron chi connectivity index (χ4n) is 12.0. The van der Waals surface area contributed by atoms with E-state index in [9.17, 15) is 13.2 Å². The number of benzene rings is 11. The maximum atomic E-state index is 14.3. The zero-order chi connectivity index (χ0) is 55.0. The lowest BCUT2D eigenvalue weighted by molar-refractivity contribution is -0.137. The predicted molar refractivity (Wildman–Crippen MR) is 324 cm³/mol. The predicted octanol–water partition coefficient (Wildman–Crippen LogP) is 21.2. The van der Waals surface area contributed by atoms with E-state index in [2.05, 4.69) is 216 Å². The summed E-state index contributed by atoms with van der Waals surface area (Å²) >= 11 is 0. The van der Waals surface area contributed by atoms with Crippen molar-refractivity contribution in [2.75, 3.05) is 0 Å². The number of fused-ring (bicyclic) bond motifs is 6. The molecule has 0 aliphatic carbocycles. The van der Waals surface area contributed by atoms with Gasteiger partial charge < -0.3 is 9.13 Å². The lowest BCUT2D eigenvalue weighted by atomic mass is 9.94. The van der Waals surface area contributed by atoms with Gasteiger partial charge in [-0.3, -0.25) is 0 Å². The van der Waals surface area contributed by atoms with Crippen molar-refractivity contribution < 1.29 is 13.2 Å². The molecule has 0 radical (unpaired) electrons. The summed E-state index contributed by atoms with van der Waals surface area (Å²) in [7, 11) is 0. The molecule has 0 bridgehead atoms. The van der Waals surface area contributed by atoms with Gasteiger partial charge in [-0.2, -0.15) is 13.2 Å². The maximum Gasteiger partial charge on any atom is 0.415 e. The Morgan fingerprint density at radius 2 is 0.700 bits per heavy atom. The van der Waals surface area contributed by atoms with Crippen LogP contribution >= 0.6 is 0 Å². The molecule has 0 saturated heterocycles. The molecule has 4 nitrogen and oxygen atoms in total. The van der Waals surface area contributed by atoms with Crippen molar-refractivity contribution in [2.45, 2.75) is 33.9 Å². The lowest BCUT2D eigenvalue weighted by Crippen LogP contribution is -2.04. The SMILES string of the molecule is [C-]#[N+]c1ccc(-c2cc(-c3ccc(C(F)(F)F)cc3[N+]#[C-])ccc2-n2c3ccc(-c4ccccc4C)cc3c3cc(-c4ccccc4C)ccc32)c(-n2c3ccc(-c4ccccc4C)cc3c3cc(-c4ccccc4C)ccc32)c1. The van der Waals surface area contributed by atoms with Gasteiger partial charge in [0.05, 0.1) is 40.9 Å². The quantitative estimate of drug-likeness (QED) is 0.135. The third-order valence-corrected chi connectivity index (χ3v) is 16.0. The molecule has 0 unspecified atom stereocenters. The van der Waals surface area contributed by atoms with Gasteiger partial charge >= 0.3 is 6.18 Å². The number of hydrogen-bond acceptors (Lipinski definition) is 0. The van der Waals surface area contributed by atoms with Gasteiger partial charge in [-0.15, -0.1) is 0 Å². The molecule has 80 heavy (non-hydrogen) atoms. The number of aromatic nitrogens is 2. The molecule has 0 amide bonds. The van der Waals surface area contributed by atoms with E-state index in [0.29, 0.717) is 16.8 Å². The zero-order valence-corrected chi connectivity index (χ0v) is 44.3. The first-order chi connectivity index (χ1) is 38.9. The van der Waals surface area contributed by atoms with Gasteiger partial charge in [0, 0.05) is 43.9 Å². The van der Waals surface area contributed by atoms with Gasteiger partial charge in [-0.1, -0.05) is 152 Å². The molecule has 0 aliphatic heterocycles. The molecule has 382 valence electrons. The molecule has 2 aromatic heterocycles. The van der Waals surface area contributed by atoms with Crippen molar-refractivity contribution in [1.29, 1.82) is 0 Å². The molecule has 13 rings (SSSR count). The second-order valence-electron chi connectivity index (χ2n) is 20.7. The number of nitrogens with zero attached hydrogens (tertiary/aromatic N) is 4. The first kappa shape index (κ1) is 49.4. The van der Waals surface area contributed by atoms with Crippen LogP contribution in [0.2, 0.25) is 0 Å². The van der Waals surface area contributed by atoms with Gasteiger partial charge in [-0.25, -0.2) is 9.69 Å². The molecule has 0 saturated carbocycles. The average Bonchev–Trinajstić information content (AvgIpc) is 4.08. The van der Waals surface area contributed by atoms with E-state index < -0.39 is 11.7 Å². The van der Waals surface area contributed by atoms with Crippen LogP contribution in [0.3, 0.4) is 0 Å². The second kappa shape index (κ2) is 19.4. The summed E-state index contributed by atoms with van der Waals surface area (Å²) in [4.78, 5) is 7.70. The van der Waals surface area contributed by atoms with Crippen molar-refractivity contribution in [3.05, 3.63) is 275 Å². The highest BCUT2D eigenvalue weighted by molar-refractivity contribution is 6.14. The summed E-state index contributed by atoms with van der Waals surface area (Å²) < 4.78 is 47.3. The normalized spacial score (nSPS) is 11.7. The Balaban J connectivity index is 1.13. The first-order valence-corrected chi connectivity index (χ1v) is 26.5. The fourth-order valence-corrected chi connectivity index (χ4v) is 12.0. The highest BCUT2D eigenvalue weighted by Crippen LogP contribution is 2.47.